The van der Waals surface area contributed by atoms with Crippen molar-refractivity contribution >= 4 is 142 Å². The molecule has 2 aliphatic heterocycles. The lowest BCUT2D eigenvalue weighted by atomic mass is 10.0. The van der Waals surface area contributed by atoms with Crippen LogP contribution < -0.4 is 120 Å². The van der Waals surface area contributed by atoms with Crippen molar-refractivity contribution < 1.29 is 146 Å². The Hall–Kier alpha value is -14.1. The Kier molecular flexibility index (Phi) is 50.2. The number of nitrogens with zero attached hydrogens (tertiary/aromatic N) is 2. The number of hydrogen-bond acceptors (Lipinski definition) is 30. The normalized spacial score (nSPS) is 16.4. The topological polar surface area (TPSA) is 927 Å². The lowest BCUT2D eigenvalue weighted by Crippen LogP contribution is -2.61. The number of unbranched alkanes of at least 4 members (excludes halogenated alkanes) is 1. The Morgan fingerprint density at radius 1 is 0.412 bits per heavy atom. The number of primary amides is 4. The summed E-state index contributed by atoms with van der Waals surface area (Å²) in [5, 5.41) is 112. The van der Waals surface area contributed by atoms with Gasteiger partial charge >= 0.3 is 17.9 Å². The molecule has 1 aromatic rings. The first kappa shape index (κ1) is 116. The zero-order valence-electron chi connectivity index (χ0n) is 75.7. The van der Waals surface area contributed by atoms with E-state index in [2.05, 4.69) is 74.4 Å². The van der Waals surface area contributed by atoms with Crippen LogP contribution in [0.5, 0.6) is 5.75 Å². The molecule has 55 nitrogen and oxygen atoms in total. The average Bonchev–Trinajstić information content (AvgIpc) is 1.65. The van der Waals surface area contributed by atoms with Gasteiger partial charge in [0.25, 0.3) is 0 Å². The first-order chi connectivity index (χ1) is 63.9. The van der Waals surface area contributed by atoms with Gasteiger partial charge in [-0.05, 0) is 132 Å². The summed E-state index contributed by atoms with van der Waals surface area (Å²) in [7, 11) is 0. The zero-order valence-corrected chi connectivity index (χ0v) is 75.7. The summed E-state index contributed by atoms with van der Waals surface area (Å²) in [4.78, 5) is 312. The van der Waals surface area contributed by atoms with Gasteiger partial charge < -0.3 is 165 Å². The first-order valence-electron chi connectivity index (χ1n) is 43.7. The van der Waals surface area contributed by atoms with Crippen LogP contribution in [0.3, 0.4) is 0 Å². The Balaban J connectivity index is 1.90. The molecule has 16 atom stereocenters. The number of aliphatic carboxylic acids is 3. The molecule has 0 unspecified atom stereocenters. The van der Waals surface area contributed by atoms with Crippen LogP contribution in [0.4, 0.5) is 0 Å². The first-order valence-corrected chi connectivity index (χ1v) is 43.7. The van der Waals surface area contributed by atoms with E-state index >= 15 is 0 Å². The number of aliphatic hydroxyl groups is 3. The third kappa shape index (κ3) is 41.2. The van der Waals surface area contributed by atoms with Crippen LogP contribution >= 0.6 is 0 Å². The number of phenols is 1. The highest BCUT2D eigenvalue weighted by molar-refractivity contribution is 6.03. The van der Waals surface area contributed by atoms with Crippen LogP contribution in [-0.2, 0) is 117 Å². The number of likely N-dealkylation sites (tertiary alicyclic amines) is 2. The van der Waals surface area contributed by atoms with Gasteiger partial charge in [0.1, 0.15) is 96.4 Å². The summed E-state index contributed by atoms with van der Waals surface area (Å²) in [6.07, 6.45) is -8.57. The SMILES string of the molecule is CC(C)C[C@H](NC(=O)[C@H](CO)NC(=O)CNC(=O)[C@@H](N)Cc1ccc(O)cc1)C(=O)N1CCC[C@H]1C(=O)N[C@@H](CCC(N)=O)C(=O)N[C@@H](CCCCN)C(=O)N[C@@H](CO)C(=O)N[C@@H](CCC(N)=O)C(=O)N[C@@H](CCCNC(=N)N)C(=O)N[C@@H](CO)C(=O)N[C@@H](CCC(N)=O)C(=O)N[C@@H](CC(=O)O)C(=O)N[C@@H](CCC(=O)O)C(=O)N[C@@H](CC(N)=O)C(=O)N1CCC[C@H]1C(=O)N[C@H](C(=O)O)C(C)C. The number of nitrogens with one attached hydrogen (secondary N) is 16. The van der Waals surface area contributed by atoms with Crippen molar-refractivity contribution in [1.82, 2.24) is 89.6 Å². The third-order valence-electron chi connectivity index (χ3n) is 21.3. The number of carboxylic acid groups (broad SMARTS) is 3. The minimum absolute atomic E-state index is 0.0172. The number of guanidine groups is 1. The second-order valence-corrected chi connectivity index (χ2v) is 33.1. The molecule has 3 rings (SSSR count). The van der Waals surface area contributed by atoms with E-state index in [-0.39, 0.29) is 102 Å². The number of nitrogens with two attached hydrogens (primary N) is 7. The number of benzene rings is 1. The standard InChI is InChI=1S/C81H129N25O30/c1-38(2)30-50(100-73(128)52(35-107)92-61(115)34-91-65(120)42(83)31-40-14-16-41(110)17-15-40)78(133)105-28-8-12-55(105)76(131)98-47(20-24-59(86)113)69(124)93-43(10-5-6-26-82)66(121)102-53(36-108)74(129)96-45(18-22-57(84)111)68(123)94-44(11-7-27-90-81(88)89)67(122)103-54(37-109)75(130)97-46(19-23-58(85)112)70(125)99-49(33-63(118)119)72(127)95-48(21-25-62(116)117)71(126)101-51(32-60(87)114)79(134)106-29-9-13-56(106)77(132)104-64(39(3)4)80(135)136/h14-17,38-39,42-56,64,107-110H,5-13,18-37,82-83H2,1-4H3,(H2,84,111)(H2,85,112)(H2,86,113)(H2,87,114)(H,91,120)(H,92,115)(H,93,124)(H,94,123)(H,95,127)(H,96,129)(H,97,130)(H,98,131)(H,99,125)(H,100,128)(H,101,126)(H,102,121)(H,103,122)(H,104,132)(H,116,117)(H,118,119)(H,135,136)(H4,88,89,90)/t42-,43-,44-,45-,46-,47-,48-,49-,50-,51-,52-,53-,54-,55-,56-,64-/m0/s1. The lowest BCUT2D eigenvalue weighted by Gasteiger charge is -2.31. The van der Waals surface area contributed by atoms with Crippen molar-refractivity contribution in [2.24, 2.45) is 52.0 Å². The van der Waals surface area contributed by atoms with Crippen LogP contribution in [0.2, 0.25) is 0 Å². The van der Waals surface area contributed by atoms with Gasteiger partial charge in [0.15, 0.2) is 5.96 Å². The maximum Gasteiger partial charge on any atom is 0.326 e. The fourth-order valence-corrected chi connectivity index (χ4v) is 14.1. The molecule has 37 N–H and O–H groups in total. The van der Waals surface area contributed by atoms with Crippen molar-refractivity contribution in [1.29, 1.82) is 5.41 Å². The minimum atomic E-state index is -2.31. The summed E-state index contributed by atoms with van der Waals surface area (Å²) < 4.78 is 0. The van der Waals surface area contributed by atoms with Crippen molar-refractivity contribution in [3.05, 3.63) is 29.8 Å². The lowest BCUT2D eigenvalue weighted by molar-refractivity contribution is -0.146. The smallest absolute Gasteiger partial charge is 0.326 e. The molecule has 2 heterocycles. The molecule has 20 amide bonds. The van der Waals surface area contributed by atoms with E-state index in [9.17, 15) is 146 Å². The number of carboxylic acids is 3. The summed E-state index contributed by atoms with van der Waals surface area (Å²) in [6, 6.07) is -22.4. The van der Waals surface area contributed by atoms with Crippen LogP contribution in [0.25, 0.3) is 0 Å². The Bertz CT molecular complexity index is 4410. The molecule has 55 heteroatoms. The molecule has 0 bridgehead atoms. The van der Waals surface area contributed by atoms with E-state index in [1.165, 1.54) is 38.1 Å². The molecule has 0 spiro atoms. The molecular formula is C81H129N25O30. The van der Waals surface area contributed by atoms with Crippen LogP contribution in [0, 0.1) is 17.2 Å². The molecule has 0 radical (unpaired) electrons. The molecule has 136 heavy (non-hydrogen) atoms. The number of hydrogen-bond donors (Lipinski definition) is 30. The highest BCUT2D eigenvalue weighted by atomic mass is 16.4. The summed E-state index contributed by atoms with van der Waals surface area (Å²) in [6.45, 7) is 1.66. The highest BCUT2D eigenvalue weighted by Gasteiger charge is 2.45. The van der Waals surface area contributed by atoms with Crippen molar-refractivity contribution in [3.8, 4) is 5.75 Å². The Labute approximate surface area is 779 Å². The van der Waals surface area contributed by atoms with E-state index in [0.29, 0.717) is 5.56 Å². The number of carbonyl (C=O) groups is 23. The van der Waals surface area contributed by atoms with E-state index in [0.717, 1.165) is 9.80 Å². The predicted octanol–water partition coefficient (Wildman–Crippen LogP) is -13.2. The second-order valence-electron chi connectivity index (χ2n) is 33.1. The largest absolute Gasteiger partial charge is 0.508 e. The number of amides is 20. The summed E-state index contributed by atoms with van der Waals surface area (Å²) in [5.41, 5.74) is 39.5. The van der Waals surface area contributed by atoms with Gasteiger partial charge in [-0.1, -0.05) is 39.8 Å². The van der Waals surface area contributed by atoms with Gasteiger partial charge in [0.2, 0.25) is 118 Å². The van der Waals surface area contributed by atoms with Crippen LogP contribution in [0.1, 0.15) is 162 Å². The average molecular weight is 1930 g/mol. The van der Waals surface area contributed by atoms with Crippen molar-refractivity contribution in [3.63, 3.8) is 0 Å². The van der Waals surface area contributed by atoms with Gasteiger partial charge in [-0.3, -0.25) is 111 Å². The fourth-order valence-electron chi connectivity index (χ4n) is 14.1. The Morgan fingerprint density at radius 3 is 1.17 bits per heavy atom. The van der Waals surface area contributed by atoms with Gasteiger partial charge in [-0.25, -0.2) is 4.79 Å². The number of rotatable bonds is 63. The number of aliphatic hydroxyl groups excluding tert-OH is 3. The molecule has 1 aromatic carbocycles. The van der Waals surface area contributed by atoms with Crippen molar-refractivity contribution in [2.45, 2.75) is 259 Å². The summed E-state index contributed by atoms with van der Waals surface area (Å²) >= 11 is 0. The molecule has 2 fully saturated rings. The Morgan fingerprint density at radius 2 is 0.779 bits per heavy atom. The van der Waals surface area contributed by atoms with E-state index in [1.807, 2.05) is 5.32 Å². The molecular weight excluding hydrogens is 1800 g/mol. The maximum absolute atomic E-state index is 14.5. The zero-order chi connectivity index (χ0) is 102. The summed E-state index contributed by atoms with van der Waals surface area (Å²) in [5.74, 6) is -29.7. The fraction of sp³-hybridized carbons (Fsp3) is 0.630. The van der Waals surface area contributed by atoms with Gasteiger partial charge in [0, 0.05) is 45.3 Å². The van der Waals surface area contributed by atoms with E-state index in [1.54, 1.807) is 13.8 Å². The quantitative estimate of drug-likeness (QED) is 0.0164. The number of carbonyl (C=O) groups excluding carboxylic acids is 20. The second kappa shape index (κ2) is 58.8. The predicted molar refractivity (Wildman–Crippen MR) is 471 cm³/mol. The van der Waals surface area contributed by atoms with Gasteiger partial charge in [-0.15, -0.1) is 0 Å². The van der Waals surface area contributed by atoms with Crippen molar-refractivity contribution in [2.75, 3.05) is 52.5 Å². The molecule has 0 saturated carbocycles. The molecule has 2 saturated heterocycles. The van der Waals surface area contributed by atoms with E-state index in [4.69, 9.17) is 45.5 Å². The van der Waals surface area contributed by atoms with Gasteiger partial charge in [0.05, 0.1) is 45.2 Å². The monoisotopic (exact) mass is 1930 g/mol. The highest BCUT2D eigenvalue weighted by Crippen LogP contribution is 2.24. The molecule has 0 aliphatic carbocycles. The van der Waals surface area contributed by atoms with Crippen LogP contribution in [-0.4, -0.2) is 337 Å². The van der Waals surface area contributed by atoms with Crippen LogP contribution in [0.15, 0.2) is 24.3 Å². The van der Waals surface area contributed by atoms with Gasteiger partial charge in [-0.2, -0.15) is 0 Å². The van der Waals surface area contributed by atoms with E-state index < -0.39 is 342 Å². The molecule has 758 valence electrons. The third-order valence-corrected chi connectivity index (χ3v) is 21.3. The molecule has 0 aromatic heterocycles. The number of phenolic OH excluding ortho intramolecular Hbond substituents is 1. The maximum atomic E-state index is 14.5. The minimum Gasteiger partial charge on any atom is -0.508 e. The molecule has 2 aliphatic rings. The number of aromatic hydroxyl groups is 1.